The van der Waals surface area contributed by atoms with Crippen LogP contribution in [0.4, 0.5) is 0 Å². The molecule has 1 aromatic heterocycles. The van der Waals surface area contributed by atoms with Gasteiger partial charge in [-0.1, -0.05) is 20.8 Å². The van der Waals surface area contributed by atoms with E-state index in [1.165, 1.54) is 4.88 Å². The topological polar surface area (TPSA) is 69.1 Å². The Morgan fingerprint density at radius 3 is 2.47 bits per heavy atom. The third kappa shape index (κ3) is 3.32. The highest BCUT2D eigenvalue weighted by molar-refractivity contribution is 7.12. The van der Waals surface area contributed by atoms with E-state index >= 15 is 0 Å². The number of carbonyl (C=O) groups excluding carboxylic acids is 1. The van der Waals surface area contributed by atoms with Gasteiger partial charge < -0.3 is 11.5 Å². The number of hydrogen-bond acceptors (Lipinski definition) is 3. The standard InChI is InChI=1S/C11H18N2OS/c1-11(2,3)9-5-4-8(15-9)7(12)6-10(13)14/h4-5,7H,6,12H2,1-3H3,(H2,13,14). The summed E-state index contributed by atoms with van der Waals surface area (Å²) in [6.45, 7) is 6.46. The van der Waals surface area contributed by atoms with E-state index in [4.69, 9.17) is 11.5 Å². The molecule has 84 valence electrons. The van der Waals surface area contributed by atoms with Crippen LogP contribution in [0.3, 0.4) is 0 Å². The van der Waals surface area contributed by atoms with Crippen molar-refractivity contribution in [3.8, 4) is 0 Å². The fraction of sp³-hybridized carbons (Fsp3) is 0.545. The molecular formula is C11H18N2OS. The second-order valence-electron chi connectivity index (χ2n) is 4.73. The normalized spacial score (nSPS) is 13.9. The molecule has 0 aliphatic carbocycles. The van der Waals surface area contributed by atoms with Crippen LogP contribution in [0.2, 0.25) is 0 Å². The molecule has 0 radical (unpaired) electrons. The number of carbonyl (C=O) groups is 1. The van der Waals surface area contributed by atoms with Crippen molar-refractivity contribution in [3.05, 3.63) is 21.9 Å². The van der Waals surface area contributed by atoms with Gasteiger partial charge in [-0.3, -0.25) is 4.79 Å². The lowest BCUT2D eigenvalue weighted by atomic mass is 9.95. The van der Waals surface area contributed by atoms with Crippen LogP contribution in [0.15, 0.2) is 12.1 Å². The molecule has 0 aromatic carbocycles. The largest absolute Gasteiger partial charge is 0.370 e. The Balaban J connectivity index is 2.80. The lowest BCUT2D eigenvalue weighted by Crippen LogP contribution is -2.19. The lowest BCUT2D eigenvalue weighted by Gasteiger charge is -2.15. The first kappa shape index (κ1) is 12.2. The molecule has 4 N–H and O–H groups in total. The van der Waals surface area contributed by atoms with Crippen molar-refractivity contribution in [2.45, 2.75) is 38.6 Å². The maximum atomic E-state index is 10.7. The van der Waals surface area contributed by atoms with Gasteiger partial charge in [-0.15, -0.1) is 11.3 Å². The maximum Gasteiger partial charge on any atom is 0.219 e. The van der Waals surface area contributed by atoms with E-state index in [-0.39, 0.29) is 23.8 Å². The summed E-state index contributed by atoms with van der Waals surface area (Å²) in [7, 11) is 0. The quantitative estimate of drug-likeness (QED) is 0.826. The number of primary amides is 1. The first-order valence-electron chi connectivity index (χ1n) is 4.95. The molecule has 1 amide bonds. The molecular weight excluding hydrogens is 208 g/mol. The molecule has 0 bridgehead atoms. The van der Waals surface area contributed by atoms with Gasteiger partial charge >= 0.3 is 0 Å². The second-order valence-corrected chi connectivity index (χ2v) is 5.84. The summed E-state index contributed by atoms with van der Waals surface area (Å²) in [5.41, 5.74) is 11.1. The van der Waals surface area contributed by atoms with E-state index in [2.05, 4.69) is 26.8 Å². The van der Waals surface area contributed by atoms with Crippen LogP contribution >= 0.6 is 11.3 Å². The van der Waals surface area contributed by atoms with E-state index in [1.54, 1.807) is 11.3 Å². The summed E-state index contributed by atoms with van der Waals surface area (Å²) in [5, 5.41) is 0. The summed E-state index contributed by atoms with van der Waals surface area (Å²) in [6, 6.07) is 3.79. The van der Waals surface area contributed by atoms with Crippen LogP contribution in [0.25, 0.3) is 0 Å². The van der Waals surface area contributed by atoms with Crippen LogP contribution in [0.1, 0.15) is 43.0 Å². The molecule has 0 saturated carbocycles. The third-order valence-electron chi connectivity index (χ3n) is 2.15. The lowest BCUT2D eigenvalue weighted by molar-refractivity contribution is -0.118. The third-order valence-corrected chi connectivity index (χ3v) is 3.80. The Morgan fingerprint density at radius 2 is 2.07 bits per heavy atom. The zero-order valence-corrected chi connectivity index (χ0v) is 10.2. The molecule has 0 saturated heterocycles. The molecule has 0 spiro atoms. The second kappa shape index (κ2) is 4.33. The smallest absolute Gasteiger partial charge is 0.219 e. The minimum atomic E-state index is -0.354. The van der Waals surface area contributed by atoms with Gasteiger partial charge in [0.15, 0.2) is 0 Å². The number of amides is 1. The van der Waals surface area contributed by atoms with Crippen LogP contribution < -0.4 is 11.5 Å². The molecule has 0 aliphatic heterocycles. The van der Waals surface area contributed by atoms with Crippen LogP contribution in [-0.2, 0) is 10.2 Å². The zero-order chi connectivity index (χ0) is 11.6. The number of rotatable bonds is 3. The van der Waals surface area contributed by atoms with Gasteiger partial charge in [0.1, 0.15) is 0 Å². The molecule has 1 unspecified atom stereocenters. The summed E-state index contributed by atoms with van der Waals surface area (Å²) < 4.78 is 0. The Labute approximate surface area is 94.5 Å². The average Bonchev–Trinajstić information content (AvgIpc) is 2.48. The molecule has 0 aliphatic rings. The first-order chi connectivity index (χ1) is 6.80. The van der Waals surface area contributed by atoms with Crippen molar-refractivity contribution < 1.29 is 4.79 Å². The van der Waals surface area contributed by atoms with E-state index in [0.29, 0.717) is 0 Å². The number of thiophene rings is 1. The summed E-state index contributed by atoms with van der Waals surface area (Å²) in [5.74, 6) is -0.354. The predicted molar refractivity (Wildman–Crippen MR) is 63.8 cm³/mol. The minimum Gasteiger partial charge on any atom is -0.370 e. The van der Waals surface area contributed by atoms with Crippen LogP contribution in [0, 0.1) is 0 Å². The molecule has 1 heterocycles. The van der Waals surface area contributed by atoms with Gasteiger partial charge in [-0.2, -0.15) is 0 Å². The molecule has 1 aromatic rings. The van der Waals surface area contributed by atoms with Gasteiger partial charge in [0.25, 0.3) is 0 Å². The van der Waals surface area contributed by atoms with Crippen molar-refractivity contribution >= 4 is 17.2 Å². The van der Waals surface area contributed by atoms with Crippen LogP contribution in [-0.4, -0.2) is 5.91 Å². The fourth-order valence-electron chi connectivity index (χ4n) is 1.27. The minimum absolute atomic E-state index is 0.134. The molecule has 1 atom stereocenters. The average molecular weight is 226 g/mol. The Hall–Kier alpha value is -0.870. The Morgan fingerprint density at radius 1 is 1.47 bits per heavy atom. The van der Waals surface area contributed by atoms with Crippen molar-refractivity contribution in [2.24, 2.45) is 11.5 Å². The van der Waals surface area contributed by atoms with E-state index in [9.17, 15) is 4.79 Å². The van der Waals surface area contributed by atoms with Crippen molar-refractivity contribution in [1.82, 2.24) is 0 Å². The van der Waals surface area contributed by atoms with E-state index in [0.717, 1.165) is 4.88 Å². The van der Waals surface area contributed by atoms with Crippen molar-refractivity contribution in [1.29, 1.82) is 0 Å². The zero-order valence-electron chi connectivity index (χ0n) is 9.41. The number of hydrogen-bond donors (Lipinski definition) is 2. The molecule has 3 nitrogen and oxygen atoms in total. The van der Waals surface area contributed by atoms with Crippen LogP contribution in [0.5, 0.6) is 0 Å². The van der Waals surface area contributed by atoms with Gasteiger partial charge in [0, 0.05) is 22.2 Å². The maximum absolute atomic E-state index is 10.7. The van der Waals surface area contributed by atoms with Gasteiger partial charge in [-0.05, 0) is 17.5 Å². The highest BCUT2D eigenvalue weighted by Crippen LogP contribution is 2.32. The molecule has 1 rings (SSSR count). The van der Waals surface area contributed by atoms with Crippen molar-refractivity contribution in [3.63, 3.8) is 0 Å². The van der Waals surface area contributed by atoms with E-state index < -0.39 is 0 Å². The summed E-state index contributed by atoms with van der Waals surface area (Å²) in [6.07, 6.45) is 0.212. The highest BCUT2D eigenvalue weighted by Gasteiger charge is 2.18. The Kier molecular flexibility index (Phi) is 3.52. The summed E-state index contributed by atoms with van der Waals surface area (Å²) in [4.78, 5) is 13.0. The first-order valence-corrected chi connectivity index (χ1v) is 5.76. The highest BCUT2D eigenvalue weighted by atomic mass is 32.1. The molecule has 4 heteroatoms. The van der Waals surface area contributed by atoms with Crippen molar-refractivity contribution in [2.75, 3.05) is 0 Å². The Bertz CT molecular complexity index is 352. The predicted octanol–water partition coefficient (Wildman–Crippen LogP) is 1.92. The van der Waals surface area contributed by atoms with E-state index in [1.807, 2.05) is 6.07 Å². The number of nitrogens with two attached hydrogens (primary N) is 2. The monoisotopic (exact) mass is 226 g/mol. The van der Waals surface area contributed by atoms with Gasteiger partial charge in [-0.25, -0.2) is 0 Å². The fourth-order valence-corrected chi connectivity index (χ4v) is 2.34. The molecule has 0 fully saturated rings. The van der Waals surface area contributed by atoms with Gasteiger partial charge in [0.2, 0.25) is 5.91 Å². The summed E-state index contributed by atoms with van der Waals surface area (Å²) >= 11 is 1.66. The molecule has 15 heavy (non-hydrogen) atoms. The SMILES string of the molecule is CC(C)(C)c1ccc(C(N)CC(N)=O)s1. The van der Waals surface area contributed by atoms with Gasteiger partial charge in [0.05, 0.1) is 0 Å².